The van der Waals surface area contributed by atoms with E-state index in [9.17, 15) is 0 Å². The first-order valence-corrected chi connectivity index (χ1v) is 10.5. The Morgan fingerprint density at radius 3 is 2.62 bits per heavy atom. The van der Waals surface area contributed by atoms with Crippen molar-refractivity contribution in [3.8, 4) is 17.1 Å². The molecular weight excluding hydrogens is 384 g/mol. The van der Waals surface area contributed by atoms with Gasteiger partial charge in [-0.05, 0) is 43.3 Å². The van der Waals surface area contributed by atoms with Crippen molar-refractivity contribution < 1.29 is 4.74 Å². The van der Waals surface area contributed by atoms with Crippen LogP contribution in [0.1, 0.15) is 12.7 Å². The second kappa shape index (κ2) is 11.1. The highest BCUT2D eigenvalue weighted by molar-refractivity contribution is 7.99. The average Bonchev–Trinajstić information content (AvgIpc) is 3.25. The number of nitrogens with zero attached hydrogens (tertiary/aromatic N) is 3. The number of nitrogens with one attached hydrogen (secondary N) is 3. The Labute approximate surface area is 175 Å². The van der Waals surface area contributed by atoms with E-state index in [-0.39, 0.29) is 0 Å². The number of hydrogen-bond acceptors (Lipinski definition) is 5. The minimum atomic E-state index is 0.421. The van der Waals surface area contributed by atoms with Crippen molar-refractivity contribution in [3.63, 3.8) is 0 Å². The lowest BCUT2D eigenvalue weighted by molar-refractivity contribution is 0.415. The van der Waals surface area contributed by atoms with E-state index in [1.807, 2.05) is 49.0 Å². The molecule has 0 aliphatic carbocycles. The van der Waals surface area contributed by atoms with E-state index in [1.165, 1.54) is 4.90 Å². The van der Waals surface area contributed by atoms with Gasteiger partial charge < -0.3 is 15.4 Å². The number of aromatic amines is 1. The molecule has 0 saturated heterocycles. The number of rotatable bonds is 9. The summed E-state index contributed by atoms with van der Waals surface area (Å²) in [5.74, 6) is 3.89. The molecule has 0 radical (unpaired) electrons. The molecule has 0 spiro atoms. The summed E-state index contributed by atoms with van der Waals surface area (Å²) in [6.45, 7) is 4.08. The molecule has 0 saturated carbocycles. The van der Waals surface area contributed by atoms with Crippen LogP contribution in [-0.4, -0.2) is 47.1 Å². The number of thioether (sulfide) groups is 1. The van der Waals surface area contributed by atoms with Crippen molar-refractivity contribution in [1.29, 1.82) is 0 Å². The van der Waals surface area contributed by atoms with Gasteiger partial charge in [0.05, 0.1) is 7.11 Å². The maximum Gasteiger partial charge on any atom is 0.191 e. The summed E-state index contributed by atoms with van der Waals surface area (Å²) >= 11 is 1.82. The van der Waals surface area contributed by atoms with Crippen LogP contribution in [0.2, 0.25) is 0 Å². The van der Waals surface area contributed by atoms with Crippen molar-refractivity contribution in [2.75, 3.05) is 26.0 Å². The van der Waals surface area contributed by atoms with Gasteiger partial charge in [0, 0.05) is 29.3 Å². The first-order chi connectivity index (χ1) is 14.3. The van der Waals surface area contributed by atoms with Crippen molar-refractivity contribution in [3.05, 3.63) is 60.4 Å². The van der Waals surface area contributed by atoms with Gasteiger partial charge in [0.2, 0.25) is 0 Å². The molecule has 7 nitrogen and oxygen atoms in total. The summed E-state index contributed by atoms with van der Waals surface area (Å²) in [7, 11) is 1.65. The summed E-state index contributed by atoms with van der Waals surface area (Å²) in [5.41, 5.74) is 0.931. The van der Waals surface area contributed by atoms with Crippen molar-refractivity contribution in [2.24, 2.45) is 4.99 Å². The molecule has 0 fully saturated rings. The van der Waals surface area contributed by atoms with Gasteiger partial charge in [-0.2, -0.15) is 5.10 Å². The minimum absolute atomic E-state index is 0.421. The number of methoxy groups -OCH3 is 1. The highest BCUT2D eigenvalue weighted by Crippen LogP contribution is 2.19. The van der Waals surface area contributed by atoms with E-state index in [2.05, 4.69) is 55.1 Å². The van der Waals surface area contributed by atoms with Gasteiger partial charge in [0.25, 0.3) is 0 Å². The van der Waals surface area contributed by atoms with E-state index in [1.54, 1.807) is 7.11 Å². The molecule has 0 amide bonds. The molecule has 0 aliphatic rings. The molecule has 1 aromatic heterocycles. The smallest absolute Gasteiger partial charge is 0.191 e. The molecule has 3 aromatic rings. The van der Waals surface area contributed by atoms with E-state index in [0.29, 0.717) is 18.2 Å². The number of hydrogen-bond donors (Lipinski definition) is 3. The molecule has 0 unspecified atom stereocenters. The highest BCUT2D eigenvalue weighted by Gasteiger charge is 2.06. The topological polar surface area (TPSA) is 87.2 Å². The van der Waals surface area contributed by atoms with Crippen molar-refractivity contribution >= 4 is 17.7 Å². The van der Waals surface area contributed by atoms with E-state index in [0.717, 1.165) is 36.1 Å². The third-order valence-corrected chi connectivity index (χ3v) is 5.03. The van der Waals surface area contributed by atoms with E-state index in [4.69, 9.17) is 4.74 Å². The molecule has 29 heavy (non-hydrogen) atoms. The third kappa shape index (κ3) is 6.53. The number of aromatic nitrogens is 3. The third-order valence-electron chi connectivity index (χ3n) is 4.02. The second-order valence-electron chi connectivity index (χ2n) is 6.12. The summed E-state index contributed by atoms with van der Waals surface area (Å²) in [6, 6.07) is 18.0. The number of aliphatic imine (C=N–C) groups is 1. The molecule has 1 heterocycles. The summed E-state index contributed by atoms with van der Waals surface area (Å²) in [4.78, 5) is 10.4. The van der Waals surface area contributed by atoms with E-state index >= 15 is 0 Å². The van der Waals surface area contributed by atoms with Crippen LogP contribution in [0.4, 0.5) is 0 Å². The van der Waals surface area contributed by atoms with Crippen LogP contribution in [0.25, 0.3) is 11.4 Å². The van der Waals surface area contributed by atoms with Crippen molar-refractivity contribution in [1.82, 2.24) is 25.8 Å². The van der Waals surface area contributed by atoms with Crippen LogP contribution in [0, 0.1) is 0 Å². The fraction of sp³-hybridized carbons (Fsp3) is 0.286. The van der Waals surface area contributed by atoms with Gasteiger partial charge in [-0.1, -0.05) is 18.2 Å². The second-order valence-corrected chi connectivity index (χ2v) is 7.29. The summed E-state index contributed by atoms with van der Waals surface area (Å²) in [6.07, 6.45) is 0. The van der Waals surface area contributed by atoms with Gasteiger partial charge in [-0.15, -0.1) is 11.8 Å². The first-order valence-electron chi connectivity index (χ1n) is 9.54. The molecule has 2 aromatic carbocycles. The Bertz CT molecular complexity index is 895. The van der Waals surface area contributed by atoms with E-state index < -0.39 is 0 Å². The van der Waals surface area contributed by atoms with Gasteiger partial charge >= 0.3 is 0 Å². The van der Waals surface area contributed by atoms with Crippen molar-refractivity contribution in [2.45, 2.75) is 18.4 Å². The fourth-order valence-electron chi connectivity index (χ4n) is 2.59. The zero-order valence-electron chi connectivity index (χ0n) is 16.7. The lowest BCUT2D eigenvalue weighted by atomic mass is 10.2. The maximum absolute atomic E-state index is 5.18. The predicted octanol–water partition coefficient (Wildman–Crippen LogP) is 3.33. The average molecular weight is 411 g/mol. The quantitative estimate of drug-likeness (QED) is 0.217. The largest absolute Gasteiger partial charge is 0.497 e. The molecule has 3 rings (SSSR count). The Morgan fingerprint density at radius 1 is 1.10 bits per heavy atom. The van der Waals surface area contributed by atoms with Crippen LogP contribution < -0.4 is 15.4 Å². The number of ether oxygens (including phenoxy) is 1. The lowest BCUT2D eigenvalue weighted by Crippen LogP contribution is -2.38. The Hall–Kier alpha value is -3.00. The van der Waals surface area contributed by atoms with Gasteiger partial charge in [0.1, 0.15) is 18.1 Å². The normalized spacial score (nSPS) is 11.3. The maximum atomic E-state index is 5.18. The number of guanidine groups is 1. The van der Waals surface area contributed by atoms with Crippen LogP contribution in [0.3, 0.4) is 0 Å². The molecule has 0 bridgehead atoms. The van der Waals surface area contributed by atoms with Gasteiger partial charge in [-0.3, -0.25) is 5.10 Å². The molecule has 8 heteroatoms. The molecule has 0 aliphatic heterocycles. The molecular formula is C21H26N6OS. The van der Waals surface area contributed by atoms with Gasteiger partial charge in [0.15, 0.2) is 11.8 Å². The molecule has 3 N–H and O–H groups in total. The standard InChI is InChI=1S/C21H26N6OS/c1-3-22-21(23-13-14-29-18-7-5-4-6-8-18)24-15-19-25-20(27-26-19)16-9-11-17(28-2)12-10-16/h4-12H,3,13-15H2,1-2H3,(H2,22,23,24)(H,25,26,27). The van der Waals surface area contributed by atoms with Crippen LogP contribution in [0.15, 0.2) is 64.5 Å². The fourth-order valence-corrected chi connectivity index (χ4v) is 3.38. The van der Waals surface area contributed by atoms with Crippen LogP contribution >= 0.6 is 11.8 Å². The zero-order chi connectivity index (χ0) is 20.3. The van der Waals surface area contributed by atoms with Crippen LogP contribution in [-0.2, 0) is 6.54 Å². The predicted molar refractivity (Wildman–Crippen MR) is 118 cm³/mol. The first kappa shape index (κ1) is 20.7. The Kier molecular flexibility index (Phi) is 7.94. The van der Waals surface area contributed by atoms with Crippen LogP contribution in [0.5, 0.6) is 5.75 Å². The monoisotopic (exact) mass is 410 g/mol. The zero-order valence-corrected chi connectivity index (χ0v) is 17.5. The minimum Gasteiger partial charge on any atom is -0.497 e. The SMILES string of the molecule is CCNC(=NCc1nc(-c2ccc(OC)cc2)n[nH]1)NCCSc1ccccc1. The Balaban J connectivity index is 1.52. The highest BCUT2D eigenvalue weighted by atomic mass is 32.2. The Morgan fingerprint density at radius 2 is 1.90 bits per heavy atom. The number of H-pyrrole nitrogens is 1. The number of benzene rings is 2. The molecule has 0 atom stereocenters. The molecule has 152 valence electrons. The lowest BCUT2D eigenvalue weighted by Gasteiger charge is -2.10. The summed E-state index contributed by atoms with van der Waals surface area (Å²) < 4.78 is 5.18. The summed E-state index contributed by atoms with van der Waals surface area (Å²) in [5, 5.41) is 13.9. The van der Waals surface area contributed by atoms with Gasteiger partial charge in [-0.25, -0.2) is 9.98 Å².